The van der Waals surface area contributed by atoms with E-state index in [1.165, 1.54) is 5.57 Å². The highest BCUT2D eigenvalue weighted by Gasteiger charge is 2.34. The predicted octanol–water partition coefficient (Wildman–Crippen LogP) is 7.63. The highest BCUT2D eigenvalue weighted by Crippen LogP contribution is 2.38. The highest BCUT2D eigenvalue weighted by atomic mass is 16.2. The van der Waals surface area contributed by atoms with E-state index in [0.717, 1.165) is 94.6 Å². The van der Waals surface area contributed by atoms with Crippen LogP contribution in [0, 0.1) is 0 Å². The normalized spacial score (nSPS) is 16.1. The van der Waals surface area contributed by atoms with E-state index < -0.39 is 0 Å². The number of amides is 2. The summed E-state index contributed by atoms with van der Waals surface area (Å²) in [5.74, 6) is 1.57. The van der Waals surface area contributed by atoms with Crippen LogP contribution >= 0.6 is 0 Å². The Morgan fingerprint density at radius 3 is 2.41 bits per heavy atom. The molecule has 5 aromatic rings. The summed E-state index contributed by atoms with van der Waals surface area (Å²) >= 11 is 0. The van der Waals surface area contributed by atoms with Crippen LogP contribution in [-0.4, -0.2) is 86.7 Å². The molecule has 3 N–H and O–H groups in total. The maximum absolute atomic E-state index is 12.5. The number of allylic oxidation sites excluding steroid dienone is 3. The van der Waals surface area contributed by atoms with Crippen LogP contribution in [0.1, 0.15) is 56.7 Å². The van der Waals surface area contributed by atoms with Crippen molar-refractivity contribution in [3.63, 3.8) is 0 Å². The number of imidazole rings is 2. The Kier molecular flexibility index (Phi) is 11.2. The summed E-state index contributed by atoms with van der Waals surface area (Å²) in [6.07, 6.45) is 16.1. The van der Waals surface area contributed by atoms with Crippen molar-refractivity contribution in [1.82, 2.24) is 40.0 Å². The molecule has 1 aliphatic carbocycles. The smallest absolute Gasteiger partial charge is 0.242 e. The molecule has 2 unspecified atom stereocenters. The van der Waals surface area contributed by atoms with Gasteiger partial charge in [-0.15, -0.1) is 0 Å². The van der Waals surface area contributed by atoms with Crippen molar-refractivity contribution < 1.29 is 9.59 Å². The lowest BCUT2D eigenvalue weighted by atomic mass is 9.94. The molecular formula is C44H50N8O2. The standard InChI is InChI=1S/C44H50N8O2/c1-5-21-51(42(54)27-45-29-53)28-41-46-25-39(48-41)37-20-19-35-23-34(17-18-36(35)24-37)31-13-15-32(16-14-31)38-26-47-44(49-38)40-12-9-22-52(40)30(2)43(50(3)4)33-10-7-6-8-11-33/h6-7,10,13-20,23-26,29,40,43H,2,5,8-9,11-12,21-22,27-28H2,1,3-4H3,(H,45,53)(H,46,48)(H,47,49). The van der Waals surface area contributed by atoms with E-state index in [1.807, 2.05) is 19.3 Å². The molecule has 3 heterocycles. The molecule has 2 aliphatic rings. The lowest BCUT2D eigenvalue weighted by molar-refractivity contribution is -0.132. The molecule has 10 heteroatoms. The third-order valence-electron chi connectivity index (χ3n) is 10.6. The second-order valence-corrected chi connectivity index (χ2v) is 14.5. The van der Waals surface area contributed by atoms with Crippen LogP contribution in [0.5, 0.6) is 0 Å². The van der Waals surface area contributed by atoms with Gasteiger partial charge in [-0.25, -0.2) is 9.97 Å². The van der Waals surface area contributed by atoms with Crippen molar-refractivity contribution in [3.8, 4) is 33.6 Å². The fraction of sp³-hybridized carbons (Fsp3) is 0.318. The fourth-order valence-corrected chi connectivity index (χ4v) is 7.91. The Balaban J connectivity index is 1.02. The largest absolute Gasteiger partial charge is 0.364 e. The number of rotatable bonds is 15. The van der Waals surface area contributed by atoms with E-state index in [1.54, 1.807) is 4.90 Å². The molecule has 54 heavy (non-hydrogen) atoms. The number of benzene rings is 3. The van der Waals surface area contributed by atoms with Crippen LogP contribution < -0.4 is 5.32 Å². The number of likely N-dealkylation sites (N-methyl/N-ethyl adjacent to an activating group) is 1. The second-order valence-electron chi connectivity index (χ2n) is 14.5. The van der Waals surface area contributed by atoms with Gasteiger partial charge in [0.05, 0.1) is 49.0 Å². The number of hydrogen-bond donors (Lipinski definition) is 3. The van der Waals surface area contributed by atoms with Crippen molar-refractivity contribution in [2.75, 3.05) is 33.7 Å². The molecule has 1 saturated heterocycles. The van der Waals surface area contributed by atoms with Crippen LogP contribution in [0.4, 0.5) is 0 Å². The van der Waals surface area contributed by atoms with Gasteiger partial charge < -0.3 is 25.1 Å². The van der Waals surface area contributed by atoms with Gasteiger partial charge in [0.25, 0.3) is 0 Å². The molecular weight excluding hydrogens is 673 g/mol. The quantitative estimate of drug-likeness (QED) is 0.0959. The molecule has 7 rings (SSSR count). The number of nitrogens with zero attached hydrogens (tertiary/aromatic N) is 5. The first-order valence-corrected chi connectivity index (χ1v) is 19.0. The Bertz CT molecular complexity index is 2180. The van der Waals surface area contributed by atoms with Crippen LogP contribution in [0.2, 0.25) is 0 Å². The molecule has 0 spiro atoms. The number of aromatic nitrogens is 4. The molecule has 1 aliphatic heterocycles. The molecule has 1 fully saturated rings. The lowest BCUT2D eigenvalue weighted by Crippen LogP contribution is -2.39. The van der Waals surface area contributed by atoms with Gasteiger partial charge in [0.1, 0.15) is 11.6 Å². The van der Waals surface area contributed by atoms with Crippen LogP contribution in [0.25, 0.3) is 44.4 Å². The van der Waals surface area contributed by atoms with Crippen molar-refractivity contribution in [1.29, 1.82) is 0 Å². The molecule has 278 valence electrons. The van der Waals surface area contributed by atoms with Gasteiger partial charge in [-0.2, -0.15) is 0 Å². The molecule has 10 nitrogen and oxygen atoms in total. The van der Waals surface area contributed by atoms with E-state index in [0.29, 0.717) is 25.3 Å². The number of likely N-dealkylation sites (tertiary alicyclic amines) is 1. The number of nitrogens with one attached hydrogen (secondary N) is 3. The van der Waals surface area contributed by atoms with Crippen LogP contribution in [0.15, 0.2) is 109 Å². The molecule has 2 amide bonds. The van der Waals surface area contributed by atoms with E-state index in [2.05, 4.69) is 130 Å². The topological polar surface area (TPSA) is 113 Å². The third kappa shape index (κ3) is 7.94. The van der Waals surface area contributed by atoms with E-state index in [-0.39, 0.29) is 24.5 Å². The maximum atomic E-state index is 12.5. The first kappa shape index (κ1) is 36.6. The Hall–Kier alpha value is -5.74. The molecule has 0 bridgehead atoms. The first-order valence-electron chi connectivity index (χ1n) is 19.0. The average Bonchev–Trinajstić information content (AvgIpc) is 3.99. The number of hydrogen-bond acceptors (Lipinski definition) is 6. The zero-order valence-electron chi connectivity index (χ0n) is 31.5. The number of carbonyl (C=O) groups is 2. The fourth-order valence-electron chi connectivity index (χ4n) is 7.91. The summed E-state index contributed by atoms with van der Waals surface area (Å²) < 4.78 is 0. The number of aromatic amines is 2. The second kappa shape index (κ2) is 16.5. The van der Waals surface area contributed by atoms with Gasteiger partial charge in [0.2, 0.25) is 12.3 Å². The minimum atomic E-state index is -0.137. The summed E-state index contributed by atoms with van der Waals surface area (Å²) in [7, 11) is 4.30. The van der Waals surface area contributed by atoms with Crippen molar-refractivity contribution in [2.45, 2.75) is 57.7 Å². The van der Waals surface area contributed by atoms with Gasteiger partial charge in [0.15, 0.2) is 0 Å². The molecule has 2 atom stereocenters. The predicted molar refractivity (Wildman–Crippen MR) is 216 cm³/mol. The highest BCUT2D eigenvalue weighted by molar-refractivity contribution is 5.90. The molecule has 3 aromatic carbocycles. The molecule has 0 saturated carbocycles. The summed E-state index contributed by atoms with van der Waals surface area (Å²) in [5.41, 5.74) is 8.92. The number of carbonyl (C=O) groups excluding carboxylic acids is 2. The zero-order chi connectivity index (χ0) is 37.6. The van der Waals surface area contributed by atoms with Crippen LogP contribution in [-0.2, 0) is 16.1 Å². The van der Waals surface area contributed by atoms with Crippen molar-refractivity contribution >= 4 is 23.1 Å². The van der Waals surface area contributed by atoms with Crippen LogP contribution in [0.3, 0.4) is 0 Å². The van der Waals surface area contributed by atoms with Gasteiger partial charge in [0, 0.05) is 24.4 Å². The van der Waals surface area contributed by atoms with Gasteiger partial charge in [-0.05, 0) is 91.4 Å². The Morgan fingerprint density at radius 2 is 1.69 bits per heavy atom. The lowest BCUT2D eigenvalue weighted by Gasteiger charge is -2.37. The number of fused-ring (bicyclic) bond motifs is 1. The Morgan fingerprint density at radius 1 is 0.981 bits per heavy atom. The van der Waals surface area contributed by atoms with Gasteiger partial charge in [-0.3, -0.25) is 14.5 Å². The molecule has 0 radical (unpaired) electrons. The third-order valence-corrected chi connectivity index (χ3v) is 10.6. The summed E-state index contributed by atoms with van der Waals surface area (Å²) in [6, 6.07) is 22.0. The Labute approximate surface area is 317 Å². The van der Waals surface area contributed by atoms with E-state index in [4.69, 9.17) is 4.98 Å². The van der Waals surface area contributed by atoms with E-state index >= 15 is 0 Å². The minimum absolute atomic E-state index is 0.0228. The summed E-state index contributed by atoms with van der Waals surface area (Å²) in [6.45, 7) is 8.56. The monoisotopic (exact) mass is 722 g/mol. The first-order chi connectivity index (χ1) is 26.3. The van der Waals surface area contributed by atoms with Crippen molar-refractivity contribution in [3.05, 3.63) is 121 Å². The maximum Gasteiger partial charge on any atom is 0.242 e. The van der Waals surface area contributed by atoms with Gasteiger partial charge >= 0.3 is 0 Å². The van der Waals surface area contributed by atoms with E-state index in [9.17, 15) is 9.59 Å². The number of H-pyrrole nitrogens is 2. The minimum Gasteiger partial charge on any atom is -0.364 e. The average molecular weight is 723 g/mol. The summed E-state index contributed by atoms with van der Waals surface area (Å²) in [4.78, 5) is 46.1. The molecule has 2 aromatic heterocycles. The zero-order valence-corrected chi connectivity index (χ0v) is 31.5. The van der Waals surface area contributed by atoms with Crippen molar-refractivity contribution in [2.24, 2.45) is 0 Å². The summed E-state index contributed by atoms with van der Waals surface area (Å²) in [5, 5.41) is 4.74. The van der Waals surface area contributed by atoms with Gasteiger partial charge in [-0.1, -0.05) is 80.3 Å². The SMILES string of the molecule is C=C(C(C1=CC=CCC1)N(C)C)N1CCCC1c1ncc(-c2ccc(-c3ccc4cc(-c5cnc(CN(CCC)C(=O)CNC=O)[nH]5)ccc4c3)cc2)[nH]1.